The lowest BCUT2D eigenvalue weighted by Crippen LogP contribution is -1.76. The Hall–Kier alpha value is -1.44. The van der Waals surface area contributed by atoms with Gasteiger partial charge in [-0.15, -0.1) is 0 Å². The van der Waals surface area contributed by atoms with Gasteiger partial charge in [0, 0.05) is 17.8 Å². The van der Waals surface area contributed by atoms with E-state index in [9.17, 15) is 0 Å². The Morgan fingerprint density at radius 3 is 3.40 bits per heavy atom. The molecule has 2 nitrogen and oxygen atoms in total. The zero-order valence-corrected chi connectivity index (χ0v) is 5.28. The summed E-state index contributed by atoms with van der Waals surface area (Å²) < 4.78 is 7.24. The topological polar surface area (TPSA) is 25.8 Å². The summed E-state index contributed by atoms with van der Waals surface area (Å²) in [5, 5.41) is 1.02. The van der Waals surface area contributed by atoms with Crippen molar-refractivity contribution in [2.75, 3.05) is 0 Å². The highest BCUT2D eigenvalue weighted by Gasteiger charge is 1.87. The Kier molecular flexibility index (Phi) is 0.905. The van der Waals surface area contributed by atoms with E-state index in [1.165, 1.54) is 0 Å². The van der Waals surface area contributed by atoms with Crippen LogP contribution in [-0.4, -0.2) is 9.97 Å². The van der Waals surface area contributed by atoms with Crippen LogP contribution in [0.4, 0.5) is 0 Å². The van der Waals surface area contributed by atoms with Crippen molar-refractivity contribution in [3.63, 3.8) is 0 Å². The molecule has 2 rings (SSSR count). The van der Waals surface area contributed by atoms with Gasteiger partial charge in [-0.3, -0.25) is 9.97 Å². The highest BCUT2D eigenvalue weighted by atomic mass is 14.7. The first kappa shape index (κ1) is 4.39. The maximum Gasteiger partial charge on any atom is 0.0885 e. The monoisotopic (exact) mass is 131 g/mol. The smallest absolute Gasteiger partial charge is 0.0885 e. The average Bonchev–Trinajstić information content (AvgIpc) is 2.04. The van der Waals surface area contributed by atoms with Crippen LogP contribution in [0.2, 0.25) is 0 Å². The van der Waals surface area contributed by atoms with Crippen LogP contribution in [0.15, 0.2) is 36.8 Å². The number of hydrogen-bond donors (Lipinski definition) is 0. The van der Waals surface area contributed by atoms with Crippen LogP contribution < -0.4 is 0 Å². The molecule has 0 saturated heterocycles. The molecule has 48 valence electrons. The summed E-state index contributed by atoms with van der Waals surface area (Å²) in [5.41, 5.74) is 0.778. The van der Waals surface area contributed by atoms with Crippen LogP contribution in [0, 0.1) is 0 Å². The zero-order valence-electron chi connectivity index (χ0n) is 6.28. The van der Waals surface area contributed by atoms with Gasteiger partial charge >= 0.3 is 0 Å². The Balaban J connectivity index is 2.83. The molecule has 10 heavy (non-hydrogen) atoms. The minimum absolute atomic E-state index is 0.283. The highest BCUT2D eigenvalue weighted by molar-refractivity contribution is 5.76. The van der Waals surface area contributed by atoms with Crippen molar-refractivity contribution in [3.05, 3.63) is 36.8 Å². The fraction of sp³-hybridized carbons (Fsp3) is 0. The first-order valence-corrected chi connectivity index (χ1v) is 3.03. The molecule has 0 N–H and O–H groups in total. The predicted octanol–water partition coefficient (Wildman–Crippen LogP) is 1.63. The van der Waals surface area contributed by atoms with Crippen LogP contribution in [-0.2, 0) is 0 Å². The van der Waals surface area contributed by atoms with Gasteiger partial charge in [0.15, 0.2) is 0 Å². The van der Waals surface area contributed by atoms with Crippen LogP contribution in [0.1, 0.15) is 1.37 Å². The molecule has 0 aliphatic carbocycles. The molecular weight excluding hydrogens is 124 g/mol. The Morgan fingerprint density at radius 2 is 2.40 bits per heavy atom. The molecule has 2 aromatic heterocycles. The zero-order chi connectivity index (χ0) is 7.68. The predicted molar refractivity (Wildman–Crippen MR) is 39.5 cm³/mol. The van der Waals surface area contributed by atoms with E-state index in [-0.39, 0.29) is 6.17 Å². The van der Waals surface area contributed by atoms with Gasteiger partial charge < -0.3 is 0 Å². The molecule has 0 fully saturated rings. The van der Waals surface area contributed by atoms with E-state index in [4.69, 9.17) is 1.37 Å². The van der Waals surface area contributed by atoms with Crippen molar-refractivity contribution >= 4 is 10.9 Å². The summed E-state index contributed by atoms with van der Waals surface area (Å²) in [4.78, 5) is 7.89. The van der Waals surface area contributed by atoms with Crippen molar-refractivity contribution < 1.29 is 1.37 Å². The van der Waals surface area contributed by atoms with Gasteiger partial charge in [0.1, 0.15) is 0 Å². The quantitative estimate of drug-likeness (QED) is 0.543. The Morgan fingerprint density at radius 1 is 1.40 bits per heavy atom. The number of rotatable bonds is 0. The standard InChI is InChI=1S/C8H6N2/c1-2-7-3-5-9-6-8(7)10-4-1/h1-6H/i4D. The minimum atomic E-state index is 0.283. The molecule has 0 amide bonds. The van der Waals surface area contributed by atoms with Gasteiger partial charge in [-0.25, -0.2) is 0 Å². The lowest BCUT2D eigenvalue weighted by atomic mass is 10.3. The van der Waals surface area contributed by atoms with E-state index in [0.29, 0.717) is 0 Å². The summed E-state index contributed by atoms with van der Waals surface area (Å²) in [6, 6.07) is 5.41. The SMILES string of the molecule is [2H]c1ccc2ccncc2n1. The maximum atomic E-state index is 7.24. The second-order valence-electron chi connectivity index (χ2n) is 2.01. The molecule has 2 heteroatoms. The van der Waals surface area contributed by atoms with Crippen molar-refractivity contribution in [2.24, 2.45) is 0 Å². The van der Waals surface area contributed by atoms with E-state index >= 15 is 0 Å². The molecule has 0 spiro atoms. The fourth-order valence-electron chi connectivity index (χ4n) is 0.865. The third-order valence-electron chi connectivity index (χ3n) is 1.36. The molecule has 0 aromatic carbocycles. The molecule has 0 aliphatic heterocycles. The Labute approximate surface area is 60.0 Å². The largest absolute Gasteiger partial charge is 0.262 e. The average molecular weight is 131 g/mol. The summed E-state index contributed by atoms with van der Waals surface area (Å²) in [5.74, 6) is 0. The van der Waals surface area contributed by atoms with Crippen molar-refractivity contribution in [2.45, 2.75) is 0 Å². The molecule has 2 heterocycles. The van der Waals surface area contributed by atoms with Crippen molar-refractivity contribution in [1.82, 2.24) is 9.97 Å². The van der Waals surface area contributed by atoms with E-state index < -0.39 is 0 Å². The van der Waals surface area contributed by atoms with E-state index in [1.807, 2.05) is 12.1 Å². The lowest BCUT2D eigenvalue weighted by molar-refractivity contribution is 1.31. The molecule has 0 aliphatic rings. The number of nitrogens with zero attached hydrogens (tertiary/aromatic N) is 2. The molecule has 0 bridgehead atoms. The van der Waals surface area contributed by atoms with Crippen LogP contribution in [0.3, 0.4) is 0 Å². The second-order valence-corrected chi connectivity index (χ2v) is 2.01. The summed E-state index contributed by atoms with van der Waals surface area (Å²) >= 11 is 0. The van der Waals surface area contributed by atoms with Crippen molar-refractivity contribution in [1.29, 1.82) is 0 Å². The van der Waals surface area contributed by atoms with Gasteiger partial charge in [0.05, 0.1) is 13.1 Å². The normalized spacial score (nSPS) is 11.4. The first-order chi connectivity index (χ1) is 5.36. The highest BCUT2D eigenvalue weighted by Crippen LogP contribution is 2.05. The third kappa shape index (κ3) is 0.739. The lowest BCUT2D eigenvalue weighted by Gasteiger charge is -1.90. The number of aromatic nitrogens is 2. The van der Waals surface area contributed by atoms with E-state index in [0.717, 1.165) is 10.9 Å². The van der Waals surface area contributed by atoms with Gasteiger partial charge in [0.25, 0.3) is 0 Å². The van der Waals surface area contributed by atoms with Gasteiger partial charge in [-0.05, 0) is 12.1 Å². The van der Waals surface area contributed by atoms with E-state index in [1.54, 1.807) is 18.5 Å². The van der Waals surface area contributed by atoms with Crippen molar-refractivity contribution in [3.8, 4) is 0 Å². The van der Waals surface area contributed by atoms with Crippen LogP contribution >= 0.6 is 0 Å². The third-order valence-corrected chi connectivity index (χ3v) is 1.36. The number of pyridine rings is 2. The van der Waals surface area contributed by atoms with Gasteiger partial charge in [-0.1, -0.05) is 6.07 Å². The van der Waals surface area contributed by atoms with E-state index in [2.05, 4.69) is 9.97 Å². The fourth-order valence-corrected chi connectivity index (χ4v) is 0.865. The Bertz CT molecular complexity index is 387. The summed E-state index contributed by atoms with van der Waals surface area (Å²) in [7, 11) is 0. The second kappa shape index (κ2) is 2.06. The summed E-state index contributed by atoms with van der Waals surface area (Å²) in [6.45, 7) is 0. The van der Waals surface area contributed by atoms with Crippen LogP contribution in [0.5, 0.6) is 0 Å². The first-order valence-electron chi connectivity index (χ1n) is 3.53. The molecule has 0 atom stereocenters. The minimum Gasteiger partial charge on any atom is -0.262 e. The van der Waals surface area contributed by atoms with Gasteiger partial charge in [0.2, 0.25) is 0 Å². The summed E-state index contributed by atoms with van der Waals surface area (Å²) in [6.07, 6.45) is 3.66. The molecule has 0 unspecified atom stereocenters. The molecule has 2 aromatic rings. The number of hydrogen-bond acceptors (Lipinski definition) is 2. The maximum absolute atomic E-state index is 7.24. The van der Waals surface area contributed by atoms with Crippen LogP contribution in [0.25, 0.3) is 10.9 Å². The molecule has 0 radical (unpaired) electrons. The number of fused-ring (bicyclic) bond motifs is 1. The van der Waals surface area contributed by atoms with Gasteiger partial charge in [-0.2, -0.15) is 0 Å². The molecule has 0 saturated carbocycles. The molecular formula is C8H6N2.